The quantitative estimate of drug-likeness (QED) is 0.0322. The van der Waals surface area contributed by atoms with E-state index in [4.69, 9.17) is 4.74 Å². The highest BCUT2D eigenvalue weighted by molar-refractivity contribution is 5.77. The number of ether oxygens (including phenoxy) is 1. The average Bonchev–Trinajstić information content (AvgIpc) is 3.26. The van der Waals surface area contributed by atoms with Gasteiger partial charge in [0, 0.05) is 6.42 Å². The number of rotatable bonds is 43. The van der Waals surface area contributed by atoms with Crippen LogP contribution in [0.5, 0.6) is 0 Å². The minimum Gasteiger partial charge on any atom is -0.462 e. The Morgan fingerprint density at radius 3 is 1.34 bits per heavy atom. The number of esters is 1. The molecule has 1 amide bonds. The number of carbonyl (C=O) groups excluding carboxylic acids is 2. The number of hydrogen-bond donors (Lipinski definition) is 3. The monoisotopic (exact) mass is 860 g/mol. The lowest BCUT2D eigenvalue weighted by Crippen LogP contribution is -2.46. The lowest BCUT2D eigenvalue weighted by Gasteiger charge is -2.24. The second-order valence-corrected chi connectivity index (χ2v) is 16.7. The molecule has 0 bridgehead atoms. The standard InChI is InChI=1S/C56H93NO5/c1-4-7-10-13-16-19-22-24-26-27-29-30-33-36-39-42-45-48-54(59)53(51-58)57-55(60)50-52(47-44-41-38-35-32-21-18-15-12-9-6-3)62-56(61)49-46-43-40-37-34-31-28-25-23-20-17-14-11-8-5-2/h8-9,11-12,14-15,17-18,20-21,23,25,28,31-32,34-35,38,52-54,58-59H,4-7,10,13,16,19,22,24,26-27,29-30,33,36-37,39-51H2,1-3H3,(H,57,60)/b11-8+,12-9+,17-14+,18-15+,23-20-,28-25-,32-21-,34-31+,38-35-. The highest BCUT2D eigenvalue weighted by Gasteiger charge is 2.24. The summed E-state index contributed by atoms with van der Waals surface area (Å²) in [5, 5.41) is 23.7. The SMILES string of the molecule is CC/C=C/C=C/C=C\C=C/C=C/CCCCCC(=O)OC(CCC\C=C/C=C\C=C\C=C\CC)CC(=O)NC(CO)C(O)CCCCCCCCCCCCCCCCCCC. The zero-order chi connectivity index (χ0) is 45.2. The van der Waals surface area contributed by atoms with Gasteiger partial charge in [-0.1, -0.05) is 246 Å². The number of allylic oxidation sites excluding steroid dienone is 18. The van der Waals surface area contributed by atoms with Gasteiger partial charge in [0.05, 0.1) is 25.2 Å². The van der Waals surface area contributed by atoms with E-state index in [0.717, 1.165) is 70.6 Å². The molecular weight excluding hydrogens is 767 g/mol. The van der Waals surface area contributed by atoms with Crippen molar-refractivity contribution in [2.45, 2.75) is 225 Å². The molecule has 6 nitrogen and oxygen atoms in total. The number of nitrogens with one attached hydrogen (secondary N) is 1. The van der Waals surface area contributed by atoms with E-state index in [1.807, 2.05) is 85.1 Å². The van der Waals surface area contributed by atoms with Crippen molar-refractivity contribution in [3.05, 3.63) is 109 Å². The van der Waals surface area contributed by atoms with Crippen LogP contribution in [0.2, 0.25) is 0 Å². The van der Waals surface area contributed by atoms with Gasteiger partial charge in [-0.2, -0.15) is 0 Å². The van der Waals surface area contributed by atoms with Crippen molar-refractivity contribution in [3.63, 3.8) is 0 Å². The molecule has 3 N–H and O–H groups in total. The Bertz CT molecular complexity index is 1280. The summed E-state index contributed by atoms with van der Waals surface area (Å²) in [6, 6.07) is -0.739. The van der Waals surface area contributed by atoms with Gasteiger partial charge in [-0.15, -0.1) is 0 Å². The van der Waals surface area contributed by atoms with Gasteiger partial charge >= 0.3 is 5.97 Å². The second kappa shape index (κ2) is 48.6. The zero-order valence-corrected chi connectivity index (χ0v) is 40.0. The summed E-state index contributed by atoms with van der Waals surface area (Å²) in [7, 11) is 0. The molecule has 352 valence electrons. The van der Waals surface area contributed by atoms with Crippen LogP contribution in [0.15, 0.2) is 109 Å². The largest absolute Gasteiger partial charge is 0.462 e. The van der Waals surface area contributed by atoms with Crippen molar-refractivity contribution in [2.24, 2.45) is 0 Å². The topological polar surface area (TPSA) is 95.9 Å². The van der Waals surface area contributed by atoms with Crippen LogP contribution >= 0.6 is 0 Å². The summed E-state index contributed by atoms with van der Waals surface area (Å²) in [5.74, 6) is -0.602. The van der Waals surface area contributed by atoms with E-state index in [1.54, 1.807) is 0 Å². The van der Waals surface area contributed by atoms with Crippen molar-refractivity contribution in [3.8, 4) is 0 Å². The van der Waals surface area contributed by atoms with Crippen LogP contribution in [0.4, 0.5) is 0 Å². The molecule has 0 aromatic rings. The fraction of sp³-hybridized carbons (Fsp3) is 0.643. The van der Waals surface area contributed by atoms with E-state index in [9.17, 15) is 19.8 Å². The van der Waals surface area contributed by atoms with E-state index >= 15 is 0 Å². The lowest BCUT2D eigenvalue weighted by molar-refractivity contribution is -0.151. The molecule has 0 aliphatic carbocycles. The first-order valence-electron chi connectivity index (χ1n) is 25.2. The molecule has 0 saturated carbocycles. The van der Waals surface area contributed by atoms with Crippen molar-refractivity contribution in [1.29, 1.82) is 0 Å². The summed E-state index contributed by atoms with van der Waals surface area (Å²) < 4.78 is 5.86. The van der Waals surface area contributed by atoms with Gasteiger partial charge < -0.3 is 20.3 Å². The molecule has 6 heteroatoms. The first-order chi connectivity index (χ1) is 30.5. The predicted octanol–water partition coefficient (Wildman–Crippen LogP) is 15.1. The molecule has 0 spiro atoms. The average molecular weight is 860 g/mol. The van der Waals surface area contributed by atoms with Crippen molar-refractivity contribution < 1.29 is 24.5 Å². The smallest absolute Gasteiger partial charge is 0.306 e. The molecule has 0 aromatic heterocycles. The zero-order valence-electron chi connectivity index (χ0n) is 40.0. The van der Waals surface area contributed by atoms with E-state index in [1.165, 1.54) is 89.9 Å². The second-order valence-electron chi connectivity index (χ2n) is 16.7. The number of unbranched alkanes of at least 4 members (excludes halogenated alkanes) is 20. The molecule has 62 heavy (non-hydrogen) atoms. The number of carbonyl (C=O) groups is 2. The van der Waals surface area contributed by atoms with Gasteiger partial charge in [-0.3, -0.25) is 9.59 Å². The Kier molecular flexibility index (Phi) is 45.8. The van der Waals surface area contributed by atoms with Crippen LogP contribution in [0, 0.1) is 0 Å². The molecule has 0 saturated heterocycles. The first kappa shape index (κ1) is 58.5. The molecule has 0 aromatic carbocycles. The van der Waals surface area contributed by atoms with Gasteiger partial charge in [0.1, 0.15) is 6.10 Å². The minimum atomic E-state index is -0.819. The first-order valence-corrected chi connectivity index (χ1v) is 25.2. The summed E-state index contributed by atoms with van der Waals surface area (Å²) in [6.45, 7) is 6.16. The number of aliphatic hydroxyl groups is 2. The van der Waals surface area contributed by atoms with Crippen molar-refractivity contribution >= 4 is 11.9 Å². The van der Waals surface area contributed by atoms with Gasteiger partial charge in [0.25, 0.3) is 0 Å². The molecular formula is C56H93NO5. The summed E-state index contributed by atoms with van der Waals surface area (Å²) in [4.78, 5) is 26.1. The van der Waals surface area contributed by atoms with Gasteiger partial charge in [-0.25, -0.2) is 0 Å². The normalized spacial score (nSPS) is 14.2. The van der Waals surface area contributed by atoms with Crippen LogP contribution in [-0.4, -0.2) is 46.9 Å². The molecule has 3 atom stereocenters. The Balaban J connectivity index is 4.65. The maximum atomic E-state index is 13.2. The van der Waals surface area contributed by atoms with Gasteiger partial charge in [0.15, 0.2) is 0 Å². The van der Waals surface area contributed by atoms with Crippen LogP contribution in [0.3, 0.4) is 0 Å². The molecule has 0 radical (unpaired) electrons. The maximum absolute atomic E-state index is 13.2. The Morgan fingerprint density at radius 2 is 0.887 bits per heavy atom. The third kappa shape index (κ3) is 43.2. The molecule has 0 aliphatic heterocycles. The fourth-order valence-electron chi connectivity index (χ4n) is 7.06. The van der Waals surface area contributed by atoms with E-state index in [-0.39, 0.29) is 24.9 Å². The molecule has 0 rings (SSSR count). The Labute approximate surface area is 381 Å². The number of amides is 1. The summed E-state index contributed by atoms with van der Waals surface area (Å²) in [5.41, 5.74) is 0. The molecule has 0 aliphatic rings. The number of hydrogen-bond acceptors (Lipinski definition) is 5. The third-order valence-electron chi connectivity index (χ3n) is 10.8. The van der Waals surface area contributed by atoms with E-state index < -0.39 is 18.2 Å². The van der Waals surface area contributed by atoms with Crippen LogP contribution < -0.4 is 5.32 Å². The summed E-state index contributed by atoms with van der Waals surface area (Å²) >= 11 is 0. The Morgan fingerprint density at radius 1 is 0.484 bits per heavy atom. The van der Waals surface area contributed by atoms with E-state index in [0.29, 0.717) is 19.3 Å². The van der Waals surface area contributed by atoms with Gasteiger partial charge in [0.2, 0.25) is 5.91 Å². The summed E-state index contributed by atoms with van der Waals surface area (Å²) in [6.07, 6.45) is 65.9. The lowest BCUT2D eigenvalue weighted by atomic mass is 10.0. The predicted molar refractivity (Wildman–Crippen MR) is 268 cm³/mol. The maximum Gasteiger partial charge on any atom is 0.306 e. The van der Waals surface area contributed by atoms with Crippen molar-refractivity contribution in [2.75, 3.05) is 6.61 Å². The number of aliphatic hydroxyl groups excluding tert-OH is 2. The van der Waals surface area contributed by atoms with Gasteiger partial charge in [-0.05, 0) is 57.8 Å². The highest BCUT2D eigenvalue weighted by atomic mass is 16.5. The fourth-order valence-corrected chi connectivity index (χ4v) is 7.06. The Hall–Kier alpha value is -3.48. The molecule has 0 heterocycles. The molecule has 0 fully saturated rings. The highest BCUT2D eigenvalue weighted by Crippen LogP contribution is 2.17. The van der Waals surface area contributed by atoms with Crippen LogP contribution in [0.1, 0.15) is 207 Å². The minimum absolute atomic E-state index is 0.00741. The van der Waals surface area contributed by atoms with Crippen LogP contribution in [-0.2, 0) is 14.3 Å². The van der Waals surface area contributed by atoms with Crippen molar-refractivity contribution in [1.82, 2.24) is 5.32 Å². The third-order valence-corrected chi connectivity index (χ3v) is 10.8. The van der Waals surface area contributed by atoms with Crippen LogP contribution in [0.25, 0.3) is 0 Å². The molecule has 3 unspecified atom stereocenters. The van der Waals surface area contributed by atoms with E-state index in [2.05, 4.69) is 50.4 Å².